The lowest BCUT2D eigenvalue weighted by Crippen LogP contribution is -2.37. The molecule has 1 amide bonds. The van der Waals surface area contributed by atoms with E-state index in [1.165, 1.54) is 12.1 Å². The van der Waals surface area contributed by atoms with Crippen LogP contribution in [0.3, 0.4) is 0 Å². The van der Waals surface area contributed by atoms with Crippen molar-refractivity contribution in [2.45, 2.75) is 38.6 Å². The van der Waals surface area contributed by atoms with Gasteiger partial charge in [-0.05, 0) is 24.1 Å². The lowest BCUT2D eigenvalue weighted by molar-refractivity contribution is -0.137. The number of carboxylic acids is 1. The van der Waals surface area contributed by atoms with Crippen LogP contribution in [0.1, 0.15) is 31.7 Å². The molecule has 5 nitrogen and oxygen atoms in total. The highest BCUT2D eigenvalue weighted by Gasteiger charge is 2.15. The van der Waals surface area contributed by atoms with Gasteiger partial charge in [0.25, 0.3) is 0 Å². The first kappa shape index (κ1) is 15.0. The van der Waals surface area contributed by atoms with Crippen LogP contribution in [0.25, 0.3) is 0 Å². The van der Waals surface area contributed by atoms with Crippen LogP contribution in [0.4, 0.5) is 0 Å². The highest BCUT2D eigenvalue weighted by Crippen LogP contribution is 2.10. The number of carboxylic acid groups (broad SMARTS) is 1. The molecule has 0 saturated heterocycles. The number of nitrogens with one attached hydrogen (secondary N) is 1. The highest BCUT2D eigenvalue weighted by atomic mass is 16.4. The molecule has 0 aromatic heterocycles. The van der Waals surface area contributed by atoms with Crippen molar-refractivity contribution in [3.05, 3.63) is 29.8 Å². The van der Waals surface area contributed by atoms with Gasteiger partial charge in [0.2, 0.25) is 5.91 Å². The van der Waals surface area contributed by atoms with E-state index in [-0.39, 0.29) is 30.5 Å². The number of carbonyl (C=O) groups excluding carboxylic acids is 1. The second-order valence-electron chi connectivity index (χ2n) is 4.49. The predicted octanol–water partition coefficient (Wildman–Crippen LogP) is 1.69. The van der Waals surface area contributed by atoms with Gasteiger partial charge in [-0.25, -0.2) is 0 Å². The summed E-state index contributed by atoms with van der Waals surface area (Å²) in [6.45, 7) is 1.95. The fourth-order valence-corrected chi connectivity index (χ4v) is 1.86. The second kappa shape index (κ2) is 7.41. The Morgan fingerprint density at radius 2 is 1.89 bits per heavy atom. The molecule has 0 radical (unpaired) electrons. The van der Waals surface area contributed by atoms with E-state index in [1.54, 1.807) is 12.1 Å². The molecule has 1 rings (SSSR count). The summed E-state index contributed by atoms with van der Waals surface area (Å²) in [4.78, 5) is 22.5. The van der Waals surface area contributed by atoms with Crippen molar-refractivity contribution in [1.29, 1.82) is 0 Å². The molecule has 1 aromatic rings. The summed E-state index contributed by atoms with van der Waals surface area (Å²) < 4.78 is 0. The van der Waals surface area contributed by atoms with Gasteiger partial charge in [-0.3, -0.25) is 9.59 Å². The molecule has 5 heteroatoms. The van der Waals surface area contributed by atoms with E-state index >= 15 is 0 Å². The first-order valence-electron chi connectivity index (χ1n) is 6.30. The molecule has 3 N–H and O–H groups in total. The number of carbonyl (C=O) groups is 2. The number of hydrogen-bond acceptors (Lipinski definition) is 3. The Bertz CT molecular complexity index is 428. The third-order valence-electron chi connectivity index (χ3n) is 2.72. The predicted molar refractivity (Wildman–Crippen MR) is 70.9 cm³/mol. The van der Waals surface area contributed by atoms with Crippen LogP contribution in [0.5, 0.6) is 5.75 Å². The van der Waals surface area contributed by atoms with E-state index in [4.69, 9.17) is 10.2 Å². The molecule has 0 aliphatic heterocycles. The van der Waals surface area contributed by atoms with Gasteiger partial charge < -0.3 is 15.5 Å². The van der Waals surface area contributed by atoms with E-state index in [0.717, 1.165) is 12.0 Å². The summed E-state index contributed by atoms with van der Waals surface area (Å²) in [6.07, 6.45) is 1.58. The van der Waals surface area contributed by atoms with Crippen molar-refractivity contribution in [1.82, 2.24) is 5.32 Å². The van der Waals surface area contributed by atoms with E-state index in [1.807, 2.05) is 6.92 Å². The van der Waals surface area contributed by atoms with Crippen molar-refractivity contribution in [3.63, 3.8) is 0 Å². The minimum absolute atomic E-state index is 0.0604. The normalized spacial score (nSPS) is 11.8. The first-order chi connectivity index (χ1) is 9.01. The molecule has 104 valence electrons. The Kier molecular flexibility index (Phi) is 5.85. The van der Waals surface area contributed by atoms with Gasteiger partial charge in [-0.2, -0.15) is 0 Å². The number of aliphatic carboxylic acids is 1. The monoisotopic (exact) mass is 265 g/mol. The molecule has 1 aromatic carbocycles. The molecule has 0 aliphatic rings. The van der Waals surface area contributed by atoms with E-state index in [9.17, 15) is 9.59 Å². The Morgan fingerprint density at radius 3 is 2.42 bits per heavy atom. The van der Waals surface area contributed by atoms with Crippen molar-refractivity contribution < 1.29 is 19.8 Å². The number of hydrogen-bond donors (Lipinski definition) is 3. The Labute approximate surface area is 112 Å². The molecule has 0 spiro atoms. The van der Waals surface area contributed by atoms with Crippen LogP contribution in [0.2, 0.25) is 0 Å². The molecule has 1 atom stereocenters. The topological polar surface area (TPSA) is 86.6 Å². The summed E-state index contributed by atoms with van der Waals surface area (Å²) in [5.74, 6) is -0.965. The van der Waals surface area contributed by atoms with E-state index < -0.39 is 5.97 Å². The summed E-state index contributed by atoms with van der Waals surface area (Å²) in [5, 5.41) is 20.6. The van der Waals surface area contributed by atoms with Crippen LogP contribution >= 0.6 is 0 Å². The van der Waals surface area contributed by atoms with Gasteiger partial charge in [0.15, 0.2) is 0 Å². The first-order valence-corrected chi connectivity index (χ1v) is 6.30. The van der Waals surface area contributed by atoms with Gasteiger partial charge in [-0.15, -0.1) is 0 Å². The molecule has 19 heavy (non-hydrogen) atoms. The van der Waals surface area contributed by atoms with E-state index in [0.29, 0.717) is 6.42 Å². The Morgan fingerprint density at radius 1 is 1.26 bits per heavy atom. The van der Waals surface area contributed by atoms with E-state index in [2.05, 4.69) is 5.32 Å². The molecule has 0 aliphatic carbocycles. The molecular formula is C14H19NO4. The molecule has 0 saturated carbocycles. The van der Waals surface area contributed by atoms with Crippen molar-refractivity contribution in [2.75, 3.05) is 0 Å². The maximum absolute atomic E-state index is 11.8. The Hall–Kier alpha value is -2.04. The number of phenolic OH excluding ortho intramolecular Hbond substituents is 1. The lowest BCUT2D eigenvalue weighted by Gasteiger charge is -2.16. The number of rotatable bonds is 7. The van der Waals surface area contributed by atoms with Gasteiger partial charge >= 0.3 is 5.97 Å². The third-order valence-corrected chi connectivity index (χ3v) is 2.72. The second-order valence-corrected chi connectivity index (χ2v) is 4.49. The summed E-state index contributed by atoms with van der Waals surface area (Å²) in [5.41, 5.74) is 0.779. The van der Waals surface area contributed by atoms with Crippen molar-refractivity contribution in [2.24, 2.45) is 0 Å². The Balaban J connectivity index is 2.52. The average molecular weight is 265 g/mol. The summed E-state index contributed by atoms with van der Waals surface area (Å²) in [7, 11) is 0. The SMILES string of the molecule is CCCC(CC(=O)O)NC(=O)Cc1ccc(O)cc1. The molecule has 0 heterocycles. The van der Waals surface area contributed by atoms with Crippen LogP contribution < -0.4 is 5.32 Å². The molecule has 0 fully saturated rings. The number of amides is 1. The highest BCUT2D eigenvalue weighted by molar-refractivity contribution is 5.79. The van der Waals surface area contributed by atoms with Gasteiger partial charge in [0.1, 0.15) is 5.75 Å². The third kappa shape index (κ3) is 5.90. The summed E-state index contributed by atoms with van der Waals surface area (Å²) >= 11 is 0. The molecule has 1 unspecified atom stereocenters. The maximum Gasteiger partial charge on any atom is 0.305 e. The van der Waals surface area contributed by atoms with Crippen LogP contribution in [-0.4, -0.2) is 28.1 Å². The minimum Gasteiger partial charge on any atom is -0.508 e. The quantitative estimate of drug-likeness (QED) is 0.700. The van der Waals surface area contributed by atoms with Crippen LogP contribution in [0, 0.1) is 0 Å². The largest absolute Gasteiger partial charge is 0.508 e. The number of phenols is 1. The lowest BCUT2D eigenvalue weighted by atomic mass is 10.1. The average Bonchev–Trinajstić information content (AvgIpc) is 2.31. The zero-order chi connectivity index (χ0) is 14.3. The smallest absolute Gasteiger partial charge is 0.305 e. The zero-order valence-electron chi connectivity index (χ0n) is 10.9. The summed E-state index contributed by atoms with van der Waals surface area (Å²) in [6, 6.07) is 6.04. The number of benzene rings is 1. The van der Waals surface area contributed by atoms with Crippen LogP contribution in [0.15, 0.2) is 24.3 Å². The van der Waals surface area contributed by atoms with Crippen molar-refractivity contribution in [3.8, 4) is 5.75 Å². The zero-order valence-corrected chi connectivity index (χ0v) is 10.9. The fourth-order valence-electron chi connectivity index (χ4n) is 1.86. The van der Waals surface area contributed by atoms with Gasteiger partial charge in [0.05, 0.1) is 12.8 Å². The number of aromatic hydroxyl groups is 1. The minimum atomic E-state index is -0.914. The standard InChI is InChI=1S/C14H19NO4/c1-2-3-11(9-14(18)19)15-13(17)8-10-4-6-12(16)7-5-10/h4-7,11,16H,2-3,8-9H2,1H3,(H,15,17)(H,18,19). The van der Waals surface area contributed by atoms with Gasteiger partial charge in [-0.1, -0.05) is 25.5 Å². The fraction of sp³-hybridized carbons (Fsp3) is 0.429. The molecule has 0 bridgehead atoms. The van der Waals surface area contributed by atoms with Gasteiger partial charge in [0, 0.05) is 6.04 Å². The molecular weight excluding hydrogens is 246 g/mol. The van der Waals surface area contributed by atoms with Crippen molar-refractivity contribution >= 4 is 11.9 Å². The maximum atomic E-state index is 11.8. The van der Waals surface area contributed by atoms with Crippen LogP contribution in [-0.2, 0) is 16.0 Å².